The first-order valence-electron chi connectivity index (χ1n) is 24.3. The minimum atomic E-state index is -0.734. The summed E-state index contributed by atoms with van der Waals surface area (Å²) in [6.45, 7) is 14.3. The Morgan fingerprint density at radius 1 is 0.160 bits per heavy atom. The maximum Gasteiger partial charge on any atom is 0.0594 e. The first kappa shape index (κ1) is 50.9. The third-order valence-corrected chi connectivity index (χ3v) is 22.6. The van der Waals surface area contributed by atoms with Crippen LogP contribution in [0.15, 0.2) is 0 Å². The van der Waals surface area contributed by atoms with Gasteiger partial charge in [0.25, 0.3) is 0 Å². The molecule has 0 fully saturated rings. The first-order valence-corrected chi connectivity index (χ1v) is 29.3. The smallest absolute Gasteiger partial charge is 0.0594 e. The van der Waals surface area contributed by atoms with Crippen molar-refractivity contribution in [2.24, 2.45) is 0 Å². The third kappa shape index (κ3) is 31.2. The number of hydrogen-bond acceptors (Lipinski definition) is 0. The van der Waals surface area contributed by atoms with Crippen molar-refractivity contribution in [2.75, 3.05) is 49.3 Å². The lowest BCUT2D eigenvalue weighted by Crippen LogP contribution is -2.13. The van der Waals surface area contributed by atoms with Crippen molar-refractivity contribution < 1.29 is 0 Å². The van der Waals surface area contributed by atoms with Gasteiger partial charge < -0.3 is 0 Å². The predicted octanol–water partition coefficient (Wildman–Crippen LogP) is 18.4. The zero-order valence-electron chi connectivity index (χ0n) is 36.6. The second-order valence-electron chi connectivity index (χ2n) is 17.4. The molecular weight excluding hydrogens is 638 g/mol. The Morgan fingerprint density at radius 3 is 0.420 bits per heavy atom. The van der Waals surface area contributed by atoms with Crippen molar-refractivity contribution in [1.82, 2.24) is 0 Å². The van der Waals surface area contributed by atoms with Crippen molar-refractivity contribution in [3.63, 3.8) is 0 Å². The Balaban J connectivity index is 4.63. The minimum Gasteiger partial charge on any atom is -0.0654 e. The summed E-state index contributed by atoms with van der Waals surface area (Å²) >= 11 is 0. The van der Waals surface area contributed by atoms with Crippen LogP contribution in [0.3, 0.4) is 0 Å². The summed E-state index contributed by atoms with van der Waals surface area (Å²) in [6, 6.07) is 0. The fraction of sp³-hybridized carbons (Fsp3) is 1.00. The van der Waals surface area contributed by atoms with Gasteiger partial charge >= 0.3 is 0 Å². The quantitative estimate of drug-likeness (QED) is 0.0431. The lowest BCUT2D eigenvalue weighted by molar-refractivity contribution is 0.562. The van der Waals surface area contributed by atoms with E-state index in [2.05, 4.69) is 41.5 Å². The standard InChI is InChI=1S/C48H102P2/c1-7-13-19-33-41-49(42-34-20-14-8-2,43-35-21-15-9-3)47-39-31-29-27-25-26-28-30-32-40-48-50(44-36-22-16-10-4,45-37-23-17-11-5)46-38-24-18-12-6/h7-48H2,1-6H3/q+2. The van der Waals surface area contributed by atoms with E-state index in [1.54, 1.807) is 101 Å². The van der Waals surface area contributed by atoms with Gasteiger partial charge in [-0.1, -0.05) is 157 Å². The molecule has 0 aromatic heterocycles. The van der Waals surface area contributed by atoms with Crippen LogP contribution >= 0.6 is 14.5 Å². The van der Waals surface area contributed by atoms with Gasteiger partial charge in [-0.05, 0) is 103 Å². The van der Waals surface area contributed by atoms with Crippen molar-refractivity contribution >= 4 is 14.5 Å². The molecule has 0 aromatic rings. The van der Waals surface area contributed by atoms with Crippen LogP contribution in [-0.4, -0.2) is 49.3 Å². The Morgan fingerprint density at radius 2 is 0.280 bits per heavy atom. The van der Waals surface area contributed by atoms with Gasteiger partial charge in [-0.15, -0.1) is 0 Å². The van der Waals surface area contributed by atoms with Crippen molar-refractivity contribution in [1.29, 1.82) is 0 Å². The minimum absolute atomic E-state index is 0.734. The van der Waals surface area contributed by atoms with Crippen molar-refractivity contribution in [3.8, 4) is 0 Å². The number of hydrogen-bond donors (Lipinski definition) is 0. The SMILES string of the molecule is CCCCCC[P+](CCCCCC)(CCCCCC)CCCCCCCCCCCC[P+](CCCCCC)(CCCCCC)CCCCCC. The molecule has 0 saturated carbocycles. The molecule has 0 aromatic carbocycles. The molecule has 0 unspecified atom stereocenters. The van der Waals surface area contributed by atoms with Gasteiger partial charge in [0.2, 0.25) is 0 Å². The van der Waals surface area contributed by atoms with E-state index in [1.807, 2.05) is 0 Å². The van der Waals surface area contributed by atoms with E-state index in [0.717, 1.165) is 0 Å². The molecule has 0 radical (unpaired) electrons. The molecular formula is C48H102P2+2. The molecule has 2 heteroatoms. The van der Waals surface area contributed by atoms with Gasteiger partial charge in [0, 0.05) is 14.5 Å². The number of unbranched alkanes of at least 4 members (excludes halogenated alkanes) is 27. The van der Waals surface area contributed by atoms with Crippen LogP contribution in [0.2, 0.25) is 0 Å². The van der Waals surface area contributed by atoms with E-state index in [9.17, 15) is 0 Å². The van der Waals surface area contributed by atoms with E-state index < -0.39 is 14.5 Å². The molecule has 0 nitrogen and oxygen atoms in total. The third-order valence-electron chi connectivity index (χ3n) is 12.4. The average Bonchev–Trinajstić information content (AvgIpc) is 3.13. The molecule has 0 aliphatic carbocycles. The van der Waals surface area contributed by atoms with E-state index in [0.29, 0.717) is 0 Å². The van der Waals surface area contributed by atoms with Crippen LogP contribution in [0.4, 0.5) is 0 Å². The van der Waals surface area contributed by atoms with Gasteiger partial charge in [0.05, 0.1) is 49.3 Å². The molecule has 0 aliphatic heterocycles. The van der Waals surface area contributed by atoms with Crippen LogP contribution in [0, 0.1) is 0 Å². The normalized spacial score (nSPS) is 12.4. The van der Waals surface area contributed by atoms with Gasteiger partial charge in [-0.25, -0.2) is 0 Å². The molecule has 0 spiro atoms. The van der Waals surface area contributed by atoms with Gasteiger partial charge in [0.1, 0.15) is 0 Å². The zero-order chi connectivity index (χ0) is 36.7. The van der Waals surface area contributed by atoms with E-state index in [4.69, 9.17) is 0 Å². The molecule has 0 rings (SSSR count). The predicted molar refractivity (Wildman–Crippen MR) is 244 cm³/mol. The fourth-order valence-electron chi connectivity index (χ4n) is 8.89. The average molecular weight is 741 g/mol. The summed E-state index contributed by atoms with van der Waals surface area (Å²) in [4.78, 5) is 0. The Hall–Kier alpha value is 0.860. The maximum atomic E-state index is 2.38. The lowest BCUT2D eigenvalue weighted by atomic mass is 10.1. The highest BCUT2D eigenvalue weighted by Crippen LogP contribution is 2.62. The maximum absolute atomic E-state index is 2.38. The Kier molecular flexibility index (Phi) is 40.2. The summed E-state index contributed by atoms with van der Waals surface area (Å²) in [7, 11) is -1.47. The van der Waals surface area contributed by atoms with E-state index in [1.165, 1.54) is 167 Å². The summed E-state index contributed by atoms with van der Waals surface area (Å²) in [5, 5.41) is 0. The summed E-state index contributed by atoms with van der Waals surface area (Å²) in [6.07, 6.45) is 63.8. The van der Waals surface area contributed by atoms with Crippen LogP contribution in [0.1, 0.15) is 260 Å². The lowest BCUT2D eigenvalue weighted by Gasteiger charge is -2.28. The van der Waals surface area contributed by atoms with Gasteiger partial charge in [0.15, 0.2) is 0 Å². The molecule has 0 saturated heterocycles. The molecule has 0 bridgehead atoms. The second kappa shape index (κ2) is 39.6. The van der Waals surface area contributed by atoms with Crippen LogP contribution in [-0.2, 0) is 0 Å². The highest BCUT2D eigenvalue weighted by Gasteiger charge is 2.36. The van der Waals surface area contributed by atoms with Crippen molar-refractivity contribution in [2.45, 2.75) is 260 Å². The summed E-state index contributed by atoms with van der Waals surface area (Å²) < 4.78 is 0. The largest absolute Gasteiger partial charge is 0.0654 e. The van der Waals surface area contributed by atoms with Gasteiger partial charge in [-0.2, -0.15) is 0 Å². The second-order valence-corrected chi connectivity index (χ2v) is 26.3. The van der Waals surface area contributed by atoms with Crippen molar-refractivity contribution in [3.05, 3.63) is 0 Å². The monoisotopic (exact) mass is 741 g/mol. The highest BCUT2D eigenvalue weighted by atomic mass is 31.2. The molecule has 0 N–H and O–H groups in total. The molecule has 302 valence electrons. The van der Waals surface area contributed by atoms with Crippen LogP contribution < -0.4 is 0 Å². The van der Waals surface area contributed by atoms with Gasteiger partial charge in [-0.3, -0.25) is 0 Å². The van der Waals surface area contributed by atoms with Crippen LogP contribution in [0.5, 0.6) is 0 Å². The highest BCUT2D eigenvalue weighted by molar-refractivity contribution is 7.76. The molecule has 0 aliphatic rings. The summed E-state index contributed by atoms with van der Waals surface area (Å²) in [5.74, 6) is 0. The Bertz CT molecular complexity index is 513. The van der Waals surface area contributed by atoms with E-state index in [-0.39, 0.29) is 0 Å². The molecule has 0 atom stereocenters. The van der Waals surface area contributed by atoms with Crippen LogP contribution in [0.25, 0.3) is 0 Å². The first-order chi connectivity index (χ1) is 24.6. The molecule has 0 amide bonds. The van der Waals surface area contributed by atoms with E-state index >= 15 is 0 Å². The zero-order valence-corrected chi connectivity index (χ0v) is 38.4. The fourth-order valence-corrected chi connectivity index (χ4v) is 18.7. The number of rotatable bonds is 43. The summed E-state index contributed by atoms with van der Waals surface area (Å²) in [5.41, 5.74) is 0. The molecule has 50 heavy (non-hydrogen) atoms. The topological polar surface area (TPSA) is 0 Å². The molecule has 0 heterocycles. The Labute approximate surface area is 322 Å².